The van der Waals surface area contributed by atoms with Gasteiger partial charge in [-0.05, 0) is 125 Å². The lowest BCUT2D eigenvalue weighted by Crippen LogP contribution is -2.44. The molecule has 4 aromatic rings. The Balaban J connectivity index is 1.73. The highest BCUT2D eigenvalue weighted by Crippen LogP contribution is 2.44. The predicted molar refractivity (Wildman–Crippen MR) is 325 cm³/mol. The molecule has 0 atom stereocenters. The van der Waals surface area contributed by atoms with Gasteiger partial charge in [0.15, 0.2) is 11.5 Å². The number of esters is 4. The molecule has 0 bridgehead atoms. The monoisotopic (exact) mass is 1140 g/mol. The van der Waals surface area contributed by atoms with E-state index in [2.05, 4.69) is 0 Å². The van der Waals surface area contributed by atoms with Crippen LogP contribution in [-0.2, 0) is 102 Å². The van der Waals surface area contributed by atoms with Crippen LogP contribution in [0.3, 0.4) is 0 Å². The second kappa shape index (κ2) is 25.7. The van der Waals surface area contributed by atoms with Crippen LogP contribution in [0.15, 0.2) is 48.5 Å². The van der Waals surface area contributed by atoms with Crippen molar-refractivity contribution in [3.63, 3.8) is 0 Å². The van der Waals surface area contributed by atoms with Crippen molar-refractivity contribution in [1.29, 1.82) is 0 Å². The largest absolute Gasteiger partial charge is 0.507 e. The van der Waals surface area contributed by atoms with Crippen molar-refractivity contribution in [3.05, 3.63) is 110 Å². The second-order valence-corrected chi connectivity index (χ2v) is 30.0. The van der Waals surface area contributed by atoms with E-state index in [-0.39, 0.29) is 80.1 Å². The van der Waals surface area contributed by atoms with Crippen molar-refractivity contribution < 1.29 is 63.7 Å². The third-order valence-corrected chi connectivity index (χ3v) is 14.9. The van der Waals surface area contributed by atoms with Gasteiger partial charge in [-0.15, -0.1) is 0 Å². The fourth-order valence-corrected chi connectivity index (χ4v) is 9.80. The van der Waals surface area contributed by atoms with Crippen molar-refractivity contribution in [2.75, 3.05) is 26.4 Å². The van der Waals surface area contributed by atoms with Crippen LogP contribution in [0.5, 0.6) is 28.7 Å². The van der Waals surface area contributed by atoms with E-state index in [9.17, 15) is 44.7 Å². The van der Waals surface area contributed by atoms with Gasteiger partial charge in [0.25, 0.3) is 0 Å². The van der Waals surface area contributed by atoms with Gasteiger partial charge in [0.1, 0.15) is 49.1 Å². The molecule has 0 amide bonds. The lowest BCUT2D eigenvalue weighted by atomic mass is 9.78. The van der Waals surface area contributed by atoms with Crippen molar-refractivity contribution in [2.45, 2.75) is 235 Å². The van der Waals surface area contributed by atoms with Gasteiger partial charge in [-0.25, -0.2) is 0 Å². The van der Waals surface area contributed by atoms with E-state index in [1.54, 1.807) is 6.07 Å². The normalized spacial score (nSPS) is 13.0. The van der Waals surface area contributed by atoms with E-state index in [4.69, 9.17) is 18.9 Å². The third kappa shape index (κ3) is 18.9. The first kappa shape index (κ1) is 68.3. The Bertz CT molecular complexity index is 2580. The molecule has 0 unspecified atom stereocenters. The number of hydrogen-bond donors (Lipinski definition) is 5. The van der Waals surface area contributed by atoms with Gasteiger partial charge >= 0.3 is 23.9 Å². The maximum atomic E-state index is 14.0. The molecule has 0 heterocycles. The molecule has 0 aliphatic carbocycles. The summed E-state index contributed by atoms with van der Waals surface area (Å²) in [6.45, 7) is 39.9. The Morgan fingerprint density at radius 2 is 0.463 bits per heavy atom. The Hall–Kier alpha value is -6.24. The molecular formula is C69H100O13. The molecule has 0 aliphatic heterocycles. The van der Waals surface area contributed by atoms with Crippen molar-refractivity contribution in [1.82, 2.24) is 0 Å². The SMILES string of the molecule is CC(C)(C)c1cc(CCC(=O)OCC(COC(=O)CCc2cc(C(C)(C)C)c(O)c(C(C)(C)C)c2)(COC(=O)CCc2cc(C(C)(C)C)c(O)c(C(C)(C)C)c2)COC(=O)CCc2cc(C(C)(C)C)c(O)c(C(C)(C)C)c2)cc(O)c1O. The topological polar surface area (TPSA) is 206 Å². The quantitative estimate of drug-likeness (QED) is 0.0318. The molecule has 4 rings (SSSR count). The Morgan fingerprint density at radius 1 is 0.293 bits per heavy atom. The zero-order chi connectivity index (χ0) is 62.5. The molecule has 13 heteroatoms. The smallest absolute Gasteiger partial charge is 0.306 e. The molecule has 82 heavy (non-hydrogen) atoms. The summed E-state index contributed by atoms with van der Waals surface area (Å²) in [5.41, 5.74) is 3.43. The number of rotatable bonds is 20. The molecule has 0 radical (unpaired) electrons. The van der Waals surface area contributed by atoms with E-state index in [0.717, 1.165) is 50.1 Å². The molecule has 454 valence electrons. The summed E-state index contributed by atoms with van der Waals surface area (Å²) in [6.07, 6.45) is 0.506. The second-order valence-electron chi connectivity index (χ2n) is 30.0. The van der Waals surface area contributed by atoms with Crippen LogP contribution in [-0.4, -0.2) is 75.8 Å². The van der Waals surface area contributed by atoms with Gasteiger partial charge in [0, 0.05) is 31.2 Å². The van der Waals surface area contributed by atoms with Crippen LogP contribution in [0.25, 0.3) is 0 Å². The molecule has 4 aromatic carbocycles. The minimum atomic E-state index is -1.61. The molecule has 13 nitrogen and oxygen atoms in total. The first-order chi connectivity index (χ1) is 37.2. The number of carbonyl (C=O) groups excluding carboxylic acids is 4. The van der Waals surface area contributed by atoms with Crippen LogP contribution in [0, 0.1) is 5.41 Å². The fraction of sp³-hybridized carbons (Fsp3) is 0.594. The minimum Gasteiger partial charge on any atom is -0.507 e. The standard InChI is InChI=1S/C69H100O13/c1-62(2,3)46-30-42(31-47(58(46)75)63(4,5)6)22-26-54(71)79-38-69(41-82-57(74)29-25-45-36-52(68(19,20)21)61(78)53(70)37-45,39-80-55(72)27-23-43-32-48(64(7,8)9)59(76)49(33-43)65(10,11)12)40-81-56(73)28-24-44-34-50(66(13,14)15)60(77)51(35-44)67(16,17)18/h30-37,70,75-78H,22-29,38-41H2,1-21H3. The Morgan fingerprint density at radius 3 is 0.646 bits per heavy atom. The molecule has 0 spiro atoms. The molecular weight excluding hydrogens is 1040 g/mol. The van der Waals surface area contributed by atoms with E-state index in [1.807, 2.05) is 182 Å². The van der Waals surface area contributed by atoms with Crippen molar-refractivity contribution >= 4 is 23.9 Å². The van der Waals surface area contributed by atoms with Gasteiger partial charge < -0.3 is 44.5 Å². The molecule has 0 aliphatic rings. The summed E-state index contributed by atoms with van der Waals surface area (Å²) in [5.74, 6) is -2.46. The number of benzene rings is 4. The summed E-state index contributed by atoms with van der Waals surface area (Å²) in [4.78, 5) is 55.9. The molecule has 0 fully saturated rings. The average Bonchev–Trinajstić information content (AvgIpc) is 3.32. The number of ether oxygens (including phenoxy) is 4. The Kier molecular flexibility index (Phi) is 21.4. The lowest BCUT2D eigenvalue weighted by molar-refractivity contribution is -0.170. The van der Waals surface area contributed by atoms with Gasteiger partial charge in [-0.2, -0.15) is 0 Å². The Labute approximate surface area is 490 Å². The fourth-order valence-electron chi connectivity index (χ4n) is 9.80. The van der Waals surface area contributed by atoms with Crippen LogP contribution >= 0.6 is 0 Å². The van der Waals surface area contributed by atoms with Crippen molar-refractivity contribution in [3.8, 4) is 28.7 Å². The van der Waals surface area contributed by atoms with E-state index in [1.165, 1.54) is 6.07 Å². The maximum absolute atomic E-state index is 14.0. The van der Waals surface area contributed by atoms with E-state index < -0.39 is 93.6 Å². The van der Waals surface area contributed by atoms with E-state index in [0.29, 0.717) is 11.1 Å². The minimum absolute atomic E-state index is 0.0805. The summed E-state index contributed by atoms with van der Waals surface area (Å²) in [5, 5.41) is 55.4. The first-order valence-electron chi connectivity index (χ1n) is 29.0. The number of phenols is 5. The summed E-state index contributed by atoms with van der Waals surface area (Å²) in [7, 11) is 0. The molecule has 0 saturated carbocycles. The average molecular weight is 1140 g/mol. The van der Waals surface area contributed by atoms with Crippen molar-refractivity contribution in [2.24, 2.45) is 5.41 Å². The first-order valence-corrected chi connectivity index (χ1v) is 29.0. The summed E-state index contributed by atoms with van der Waals surface area (Å²) < 4.78 is 24.1. The van der Waals surface area contributed by atoms with Crippen LogP contribution in [0.1, 0.15) is 232 Å². The van der Waals surface area contributed by atoms with Gasteiger partial charge in [0.05, 0.1) is 0 Å². The molecule has 0 saturated heterocycles. The number of hydrogen-bond acceptors (Lipinski definition) is 13. The van der Waals surface area contributed by atoms with Gasteiger partial charge in [-0.1, -0.05) is 188 Å². The van der Waals surface area contributed by atoms with E-state index >= 15 is 0 Å². The third-order valence-electron chi connectivity index (χ3n) is 14.9. The maximum Gasteiger partial charge on any atom is 0.306 e. The number of carbonyl (C=O) groups is 4. The zero-order valence-electron chi connectivity index (χ0n) is 53.6. The zero-order valence-corrected chi connectivity index (χ0v) is 53.6. The predicted octanol–water partition coefficient (Wildman–Crippen LogP) is 14.3. The number of aromatic hydroxyl groups is 5. The molecule has 5 N–H and O–H groups in total. The molecule has 0 aromatic heterocycles. The van der Waals surface area contributed by atoms with Crippen LogP contribution in [0.4, 0.5) is 0 Å². The van der Waals surface area contributed by atoms with Crippen LogP contribution in [0.2, 0.25) is 0 Å². The van der Waals surface area contributed by atoms with Gasteiger partial charge in [-0.3, -0.25) is 19.2 Å². The number of phenolic OH excluding ortho intramolecular Hbond substituents is 5. The van der Waals surface area contributed by atoms with Gasteiger partial charge in [0.2, 0.25) is 0 Å². The summed E-state index contributed by atoms with van der Waals surface area (Å²) in [6, 6.07) is 14.6. The highest BCUT2D eigenvalue weighted by Gasteiger charge is 2.39. The summed E-state index contributed by atoms with van der Waals surface area (Å²) >= 11 is 0. The van der Waals surface area contributed by atoms with Crippen LogP contribution < -0.4 is 0 Å². The lowest BCUT2D eigenvalue weighted by Gasteiger charge is -2.32. The highest BCUT2D eigenvalue weighted by molar-refractivity contribution is 5.72. The number of aryl methyl sites for hydroxylation is 4. The highest BCUT2D eigenvalue weighted by atomic mass is 16.6.